The first-order chi connectivity index (χ1) is 17.0. The van der Waals surface area contributed by atoms with Gasteiger partial charge in [-0.05, 0) is 13.0 Å². The smallest absolute Gasteiger partial charge is 0.273 e. The van der Waals surface area contributed by atoms with Crippen LogP contribution < -0.4 is 10.1 Å². The number of ether oxygens (including phenoxy) is 1. The van der Waals surface area contributed by atoms with Crippen LogP contribution in [0.15, 0.2) is 84.0 Å². The van der Waals surface area contributed by atoms with Crippen molar-refractivity contribution in [3.63, 3.8) is 0 Å². The molecular weight excluding hydrogens is 466 g/mol. The van der Waals surface area contributed by atoms with Crippen LogP contribution in [0.5, 0.6) is 5.75 Å². The molecule has 3 aromatic carbocycles. The third kappa shape index (κ3) is 5.61. The molecule has 1 atom stereocenters. The van der Waals surface area contributed by atoms with Crippen LogP contribution in [-0.2, 0) is 4.79 Å². The Bertz CT molecular complexity index is 1350. The van der Waals surface area contributed by atoms with Gasteiger partial charge in [0.1, 0.15) is 17.1 Å². The second-order valence-corrected chi connectivity index (χ2v) is 8.72. The van der Waals surface area contributed by atoms with Gasteiger partial charge in [0, 0.05) is 17.2 Å². The number of rotatable bonds is 8. The molecular formula is C25H21N5O4S. The second-order valence-electron chi connectivity index (χ2n) is 7.41. The highest BCUT2D eigenvalue weighted by molar-refractivity contribution is 8.00. The molecule has 0 aliphatic carbocycles. The van der Waals surface area contributed by atoms with Crippen molar-refractivity contribution in [1.29, 1.82) is 0 Å². The number of nitrogens with zero attached hydrogens (tertiary/aromatic N) is 4. The number of aromatic nitrogens is 3. The Kier molecular flexibility index (Phi) is 7.32. The zero-order valence-corrected chi connectivity index (χ0v) is 19.7. The van der Waals surface area contributed by atoms with Crippen LogP contribution in [0.2, 0.25) is 0 Å². The number of thioether (sulfide) groups is 1. The third-order valence-electron chi connectivity index (χ3n) is 5.07. The minimum absolute atomic E-state index is 0.131. The molecule has 9 nitrogen and oxygen atoms in total. The summed E-state index contributed by atoms with van der Waals surface area (Å²) in [6.45, 7) is 1.72. The van der Waals surface area contributed by atoms with Crippen LogP contribution in [0.3, 0.4) is 0 Å². The normalized spacial score (nSPS) is 11.5. The summed E-state index contributed by atoms with van der Waals surface area (Å²) in [6, 6.07) is 23.3. The lowest BCUT2D eigenvalue weighted by molar-refractivity contribution is -0.384. The van der Waals surface area contributed by atoms with Crippen LogP contribution in [0.1, 0.15) is 6.92 Å². The highest BCUT2D eigenvalue weighted by atomic mass is 32.2. The Morgan fingerprint density at radius 2 is 1.60 bits per heavy atom. The molecule has 10 heteroatoms. The first-order valence-electron chi connectivity index (χ1n) is 10.6. The highest BCUT2D eigenvalue weighted by Gasteiger charge is 2.21. The van der Waals surface area contributed by atoms with Gasteiger partial charge in [-0.25, -0.2) is 4.98 Å². The van der Waals surface area contributed by atoms with E-state index in [0.717, 1.165) is 22.9 Å². The number of hydrogen-bond donors (Lipinski definition) is 1. The molecule has 1 amide bonds. The number of amides is 1. The zero-order valence-electron chi connectivity index (χ0n) is 18.9. The van der Waals surface area contributed by atoms with Crippen molar-refractivity contribution in [2.45, 2.75) is 17.3 Å². The number of methoxy groups -OCH3 is 1. The molecule has 0 unspecified atom stereocenters. The van der Waals surface area contributed by atoms with E-state index in [0.29, 0.717) is 22.2 Å². The van der Waals surface area contributed by atoms with E-state index in [-0.39, 0.29) is 17.3 Å². The fourth-order valence-corrected chi connectivity index (χ4v) is 4.01. The molecule has 0 fully saturated rings. The van der Waals surface area contributed by atoms with Gasteiger partial charge in [-0.1, -0.05) is 72.4 Å². The van der Waals surface area contributed by atoms with Crippen LogP contribution >= 0.6 is 11.8 Å². The molecule has 4 rings (SSSR count). The van der Waals surface area contributed by atoms with Gasteiger partial charge in [-0.3, -0.25) is 14.9 Å². The van der Waals surface area contributed by atoms with E-state index in [9.17, 15) is 14.9 Å². The van der Waals surface area contributed by atoms with Gasteiger partial charge in [0.2, 0.25) is 11.1 Å². The van der Waals surface area contributed by atoms with Crippen molar-refractivity contribution in [3.05, 3.63) is 89.0 Å². The minimum atomic E-state index is -0.581. The SMILES string of the molecule is COc1cc([N+](=O)[O-])ccc1NC(=O)[C@H](C)Sc1nnc(-c2ccccc2)c(-c2ccccc2)n1. The number of carbonyl (C=O) groups is 1. The molecule has 0 spiro atoms. The molecule has 0 saturated carbocycles. The number of nitro benzene ring substituents is 1. The number of nitrogens with one attached hydrogen (secondary N) is 1. The van der Waals surface area contributed by atoms with Crippen molar-refractivity contribution in [2.75, 3.05) is 12.4 Å². The predicted octanol–water partition coefficient (Wildman–Crippen LogP) is 5.24. The largest absolute Gasteiger partial charge is 0.494 e. The molecule has 35 heavy (non-hydrogen) atoms. The standard InChI is InChI=1S/C25H21N5O4S/c1-16(24(31)26-20-14-13-19(30(32)33)15-21(20)34-2)35-25-27-22(17-9-5-3-6-10-17)23(28-29-25)18-11-7-4-8-12-18/h3-16H,1-2H3,(H,26,31)/t16-/m0/s1. The molecule has 0 radical (unpaired) electrons. The van der Waals surface area contributed by atoms with Crippen LogP contribution in [0.4, 0.5) is 11.4 Å². The summed E-state index contributed by atoms with van der Waals surface area (Å²) in [4.78, 5) is 28.0. The van der Waals surface area contributed by atoms with Gasteiger partial charge in [-0.2, -0.15) is 0 Å². The molecule has 0 aliphatic rings. The van der Waals surface area contributed by atoms with E-state index in [4.69, 9.17) is 9.72 Å². The number of benzene rings is 3. The second kappa shape index (κ2) is 10.7. The summed E-state index contributed by atoms with van der Waals surface area (Å²) >= 11 is 1.16. The summed E-state index contributed by atoms with van der Waals surface area (Å²) in [5.74, 6) is -0.139. The predicted molar refractivity (Wildman–Crippen MR) is 134 cm³/mol. The summed E-state index contributed by atoms with van der Waals surface area (Å²) < 4.78 is 5.19. The molecule has 0 aliphatic heterocycles. The molecule has 176 valence electrons. The molecule has 0 saturated heterocycles. The fourth-order valence-electron chi connectivity index (χ4n) is 3.29. The van der Waals surface area contributed by atoms with Crippen molar-refractivity contribution < 1.29 is 14.5 Å². The molecule has 0 bridgehead atoms. The van der Waals surface area contributed by atoms with E-state index in [1.807, 2.05) is 60.7 Å². The van der Waals surface area contributed by atoms with Crippen molar-refractivity contribution in [3.8, 4) is 28.3 Å². The number of carbonyl (C=O) groups excluding carboxylic acids is 1. The maximum absolute atomic E-state index is 12.8. The highest BCUT2D eigenvalue weighted by Crippen LogP contribution is 2.32. The fraction of sp³-hybridized carbons (Fsp3) is 0.120. The average Bonchev–Trinajstić information content (AvgIpc) is 2.89. The number of hydrogen-bond acceptors (Lipinski definition) is 8. The van der Waals surface area contributed by atoms with Crippen molar-refractivity contribution in [1.82, 2.24) is 15.2 Å². The number of nitro groups is 1. The van der Waals surface area contributed by atoms with Crippen molar-refractivity contribution >= 4 is 29.0 Å². The quantitative estimate of drug-likeness (QED) is 0.203. The Balaban J connectivity index is 1.57. The maximum Gasteiger partial charge on any atom is 0.273 e. The molecule has 1 N–H and O–H groups in total. The summed E-state index contributed by atoms with van der Waals surface area (Å²) in [6.07, 6.45) is 0. The average molecular weight is 488 g/mol. The lowest BCUT2D eigenvalue weighted by atomic mass is 10.0. The topological polar surface area (TPSA) is 120 Å². The molecule has 1 aromatic heterocycles. The van der Waals surface area contributed by atoms with E-state index in [1.54, 1.807) is 6.92 Å². The van der Waals surface area contributed by atoms with Gasteiger partial charge in [0.25, 0.3) is 5.69 Å². The van der Waals surface area contributed by atoms with Gasteiger partial charge in [0.15, 0.2) is 0 Å². The third-order valence-corrected chi connectivity index (χ3v) is 6.02. The van der Waals surface area contributed by atoms with Crippen LogP contribution in [0.25, 0.3) is 22.5 Å². The van der Waals surface area contributed by atoms with Gasteiger partial charge in [0.05, 0.1) is 29.0 Å². The van der Waals surface area contributed by atoms with Crippen molar-refractivity contribution in [2.24, 2.45) is 0 Å². The lowest BCUT2D eigenvalue weighted by Gasteiger charge is -2.14. The maximum atomic E-state index is 12.8. The molecule has 4 aromatic rings. The zero-order chi connectivity index (χ0) is 24.8. The minimum Gasteiger partial charge on any atom is -0.494 e. The Hall–Kier alpha value is -4.31. The summed E-state index contributed by atoms with van der Waals surface area (Å²) in [5.41, 5.74) is 3.29. The van der Waals surface area contributed by atoms with Gasteiger partial charge >= 0.3 is 0 Å². The number of non-ortho nitro benzene ring substituents is 1. The first kappa shape index (κ1) is 23.8. The van der Waals surface area contributed by atoms with E-state index in [1.165, 1.54) is 25.3 Å². The van der Waals surface area contributed by atoms with Gasteiger partial charge < -0.3 is 10.1 Å². The number of anilines is 1. The monoisotopic (exact) mass is 487 g/mol. The van der Waals surface area contributed by atoms with Crippen LogP contribution in [0, 0.1) is 10.1 Å². The summed E-state index contributed by atoms with van der Waals surface area (Å²) in [5, 5.41) is 22.2. The van der Waals surface area contributed by atoms with Crippen LogP contribution in [-0.4, -0.2) is 38.4 Å². The van der Waals surface area contributed by atoms with E-state index in [2.05, 4.69) is 15.5 Å². The Morgan fingerprint density at radius 3 is 2.20 bits per heavy atom. The Morgan fingerprint density at radius 1 is 0.971 bits per heavy atom. The van der Waals surface area contributed by atoms with E-state index >= 15 is 0 Å². The van der Waals surface area contributed by atoms with Gasteiger partial charge in [-0.15, -0.1) is 10.2 Å². The van der Waals surface area contributed by atoms with E-state index < -0.39 is 10.2 Å². The summed E-state index contributed by atoms with van der Waals surface area (Å²) in [7, 11) is 1.38. The lowest BCUT2D eigenvalue weighted by Crippen LogP contribution is -2.23. The first-order valence-corrected chi connectivity index (χ1v) is 11.5. The molecule has 1 heterocycles. The Labute approximate surface area is 205 Å².